The van der Waals surface area contributed by atoms with Gasteiger partial charge in [-0.3, -0.25) is 4.79 Å². The summed E-state index contributed by atoms with van der Waals surface area (Å²) in [5.74, 6) is 0.480. The number of aliphatic hydroxyl groups is 1. The van der Waals surface area contributed by atoms with Gasteiger partial charge in [-0.2, -0.15) is 0 Å². The van der Waals surface area contributed by atoms with E-state index in [-0.39, 0.29) is 18.6 Å². The highest BCUT2D eigenvalue weighted by Crippen LogP contribution is 2.24. The van der Waals surface area contributed by atoms with Crippen molar-refractivity contribution in [3.63, 3.8) is 0 Å². The van der Waals surface area contributed by atoms with Crippen molar-refractivity contribution >= 4 is 33.6 Å². The quantitative estimate of drug-likeness (QED) is 0.823. The van der Waals surface area contributed by atoms with E-state index in [0.717, 1.165) is 9.37 Å². The molecular formula is C15H20BrNO3S. The Hall–Kier alpha value is -0.560. The number of aliphatic hydroxyl groups excluding tert-OH is 1. The van der Waals surface area contributed by atoms with Gasteiger partial charge in [0.05, 0.1) is 24.1 Å². The van der Waals surface area contributed by atoms with Crippen LogP contribution in [0.15, 0.2) is 33.6 Å². The molecule has 21 heavy (non-hydrogen) atoms. The Morgan fingerprint density at radius 3 is 2.76 bits per heavy atom. The second kappa shape index (κ2) is 7.13. The highest BCUT2D eigenvalue weighted by molar-refractivity contribution is 9.10. The maximum absolute atomic E-state index is 12.3. The summed E-state index contributed by atoms with van der Waals surface area (Å²) in [5.41, 5.74) is -0.413. The average molecular weight is 374 g/mol. The van der Waals surface area contributed by atoms with Crippen LogP contribution in [-0.2, 0) is 9.53 Å². The summed E-state index contributed by atoms with van der Waals surface area (Å²) < 4.78 is 6.75. The summed E-state index contributed by atoms with van der Waals surface area (Å²) in [6.45, 7) is 4.84. The predicted octanol–water partition coefficient (Wildman–Crippen LogP) is 2.54. The van der Waals surface area contributed by atoms with E-state index in [9.17, 15) is 9.90 Å². The zero-order chi connectivity index (χ0) is 15.5. The maximum Gasteiger partial charge on any atom is 0.233 e. The largest absolute Gasteiger partial charge is 0.394 e. The highest BCUT2D eigenvalue weighted by Gasteiger charge is 2.35. The standard InChI is InChI=1S/C15H20BrNO3S/c1-15(2)10-17(7-12(8-18)20-15)14(19)9-21-13-5-3-11(16)4-6-13/h3-6,12,18H,7-10H2,1-2H3. The Bertz CT molecular complexity index is 492. The third-order valence-corrected chi connectivity index (χ3v) is 4.74. The molecule has 1 atom stereocenters. The number of hydrogen-bond donors (Lipinski definition) is 1. The summed E-state index contributed by atoms with van der Waals surface area (Å²) >= 11 is 4.92. The number of ether oxygens (including phenoxy) is 1. The fourth-order valence-corrected chi connectivity index (χ4v) is 3.41. The monoisotopic (exact) mass is 373 g/mol. The second-order valence-corrected chi connectivity index (χ2v) is 7.66. The van der Waals surface area contributed by atoms with Crippen molar-refractivity contribution in [2.75, 3.05) is 25.4 Å². The number of amides is 1. The van der Waals surface area contributed by atoms with Gasteiger partial charge in [-0.25, -0.2) is 0 Å². The van der Waals surface area contributed by atoms with Gasteiger partial charge in [-0.15, -0.1) is 11.8 Å². The number of morpholine rings is 1. The number of benzene rings is 1. The van der Waals surface area contributed by atoms with E-state index in [1.165, 1.54) is 11.8 Å². The van der Waals surface area contributed by atoms with Crippen LogP contribution in [0.1, 0.15) is 13.8 Å². The average Bonchev–Trinajstić information content (AvgIpc) is 2.44. The van der Waals surface area contributed by atoms with Gasteiger partial charge in [0.25, 0.3) is 0 Å². The van der Waals surface area contributed by atoms with Crippen molar-refractivity contribution < 1.29 is 14.6 Å². The number of hydrogen-bond acceptors (Lipinski definition) is 4. The molecule has 1 N–H and O–H groups in total. The van der Waals surface area contributed by atoms with E-state index in [0.29, 0.717) is 18.8 Å². The molecular weight excluding hydrogens is 354 g/mol. The lowest BCUT2D eigenvalue weighted by Crippen LogP contribution is -2.56. The number of halogens is 1. The van der Waals surface area contributed by atoms with Gasteiger partial charge < -0.3 is 14.7 Å². The predicted molar refractivity (Wildman–Crippen MR) is 87.5 cm³/mol. The van der Waals surface area contributed by atoms with E-state index in [1.807, 2.05) is 38.1 Å². The summed E-state index contributed by atoms with van der Waals surface area (Å²) in [7, 11) is 0. The molecule has 1 amide bonds. The molecule has 4 nitrogen and oxygen atoms in total. The molecule has 1 aromatic carbocycles. The van der Waals surface area contributed by atoms with E-state index >= 15 is 0 Å². The highest BCUT2D eigenvalue weighted by atomic mass is 79.9. The molecule has 1 unspecified atom stereocenters. The molecule has 1 aliphatic rings. The molecule has 1 heterocycles. The minimum Gasteiger partial charge on any atom is -0.394 e. The molecule has 0 spiro atoms. The molecule has 0 aromatic heterocycles. The Balaban J connectivity index is 1.91. The number of carbonyl (C=O) groups excluding carboxylic acids is 1. The lowest BCUT2D eigenvalue weighted by molar-refractivity contribution is -0.165. The summed E-state index contributed by atoms with van der Waals surface area (Å²) in [6.07, 6.45) is -0.296. The van der Waals surface area contributed by atoms with E-state index in [1.54, 1.807) is 4.90 Å². The van der Waals surface area contributed by atoms with Crippen molar-refractivity contribution in [1.82, 2.24) is 4.90 Å². The number of thioether (sulfide) groups is 1. The molecule has 1 aromatic rings. The van der Waals surface area contributed by atoms with Crippen LogP contribution >= 0.6 is 27.7 Å². The molecule has 0 aliphatic carbocycles. The summed E-state index contributed by atoms with van der Waals surface area (Å²) in [6, 6.07) is 7.91. The minimum atomic E-state index is -0.413. The van der Waals surface area contributed by atoms with E-state index < -0.39 is 5.60 Å². The Kier molecular flexibility index (Phi) is 5.71. The zero-order valence-electron chi connectivity index (χ0n) is 12.2. The van der Waals surface area contributed by atoms with Gasteiger partial charge in [-0.1, -0.05) is 15.9 Å². The SMILES string of the molecule is CC1(C)CN(C(=O)CSc2ccc(Br)cc2)CC(CO)O1. The summed E-state index contributed by atoms with van der Waals surface area (Å²) in [4.78, 5) is 15.2. The van der Waals surface area contributed by atoms with Crippen LogP contribution in [0.3, 0.4) is 0 Å². The van der Waals surface area contributed by atoms with Crippen LogP contribution < -0.4 is 0 Å². The Morgan fingerprint density at radius 2 is 2.14 bits per heavy atom. The molecule has 0 saturated carbocycles. The molecule has 0 radical (unpaired) electrons. The lowest BCUT2D eigenvalue weighted by atomic mass is 10.1. The first kappa shape index (κ1) is 16.8. The maximum atomic E-state index is 12.3. The molecule has 2 rings (SSSR count). The Morgan fingerprint density at radius 1 is 1.48 bits per heavy atom. The first-order valence-electron chi connectivity index (χ1n) is 6.84. The van der Waals surface area contributed by atoms with Gasteiger partial charge in [-0.05, 0) is 38.1 Å². The second-order valence-electron chi connectivity index (χ2n) is 5.70. The van der Waals surface area contributed by atoms with Gasteiger partial charge in [0, 0.05) is 22.5 Å². The van der Waals surface area contributed by atoms with Crippen molar-refractivity contribution in [1.29, 1.82) is 0 Å². The first-order chi connectivity index (χ1) is 9.89. The zero-order valence-corrected chi connectivity index (χ0v) is 14.6. The first-order valence-corrected chi connectivity index (χ1v) is 8.62. The smallest absolute Gasteiger partial charge is 0.233 e. The third-order valence-electron chi connectivity index (χ3n) is 3.21. The van der Waals surface area contributed by atoms with Crippen LogP contribution in [0, 0.1) is 0 Å². The fourth-order valence-electron chi connectivity index (χ4n) is 2.35. The van der Waals surface area contributed by atoms with Crippen LogP contribution in [0.25, 0.3) is 0 Å². The minimum absolute atomic E-state index is 0.0624. The van der Waals surface area contributed by atoms with Crippen molar-refractivity contribution in [3.8, 4) is 0 Å². The van der Waals surface area contributed by atoms with Crippen LogP contribution in [0.4, 0.5) is 0 Å². The molecule has 1 aliphatic heterocycles. The molecule has 1 fully saturated rings. The van der Waals surface area contributed by atoms with E-state index in [4.69, 9.17) is 4.74 Å². The van der Waals surface area contributed by atoms with Crippen molar-refractivity contribution in [3.05, 3.63) is 28.7 Å². The van der Waals surface area contributed by atoms with Gasteiger partial charge in [0.1, 0.15) is 0 Å². The summed E-state index contributed by atoms with van der Waals surface area (Å²) in [5, 5.41) is 9.28. The van der Waals surface area contributed by atoms with Gasteiger partial charge in [0.15, 0.2) is 0 Å². The van der Waals surface area contributed by atoms with Crippen molar-refractivity contribution in [2.24, 2.45) is 0 Å². The topological polar surface area (TPSA) is 49.8 Å². The molecule has 1 saturated heterocycles. The van der Waals surface area contributed by atoms with Crippen LogP contribution in [0.2, 0.25) is 0 Å². The molecule has 0 bridgehead atoms. The fraction of sp³-hybridized carbons (Fsp3) is 0.533. The van der Waals surface area contributed by atoms with Gasteiger partial charge in [0.2, 0.25) is 5.91 Å². The third kappa shape index (κ3) is 4.98. The number of rotatable bonds is 4. The Labute approximate surface area is 138 Å². The number of nitrogens with zero attached hydrogens (tertiary/aromatic N) is 1. The van der Waals surface area contributed by atoms with E-state index in [2.05, 4.69) is 15.9 Å². The van der Waals surface area contributed by atoms with Gasteiger partial charge >= 0.3 is 0 Å². The number of carbonyl (C=O) groups is 1. The molecule has 6 heteroatoms. The van der Waals surface area contributed by atoms with Crippen molar-refractivity contribution in [2.45, 2.75) is 30.4 Å². The van der Waals surface area contributed by atoms with Crippen LogP contribution in [0.5, 0.6) is 0 Å². The lowest BCUT2D eigenvalue weighted by Gasteiger charge is -2.42. The van der Waals surface area contributed by atoms with Crippen LogP contribution in [-0.4, -0.2) is 53.1 Å². The molecule has 116 valence electrons. The normalized spacial score (nSPS) is 21.3.